The quantitative estimate of drug-likeness (QED) is 0.625. The van der Waals surface area contributed by atoms with Gasteiger partial charge in [-0.2, -0.15) is 0 Å². The molecule has 7 heteroatoms. The highest BCUT2D eigenvalue weighted by atomic mass is 35.5. The smallest absolute Gasteiger partial charge is 0.331 e. The molecule has 0 unspecified atom stereocenters. The minimum atomic E-state index is -0.621. The SMILES string of the molecule is O=C(COC(=O)/C=C/c1cccc(Cl)c1)Nc1ccc2c(c1)OCCCO2. The molecule has 0 fully saturated rings. The molecule has 0 radical (unpaired) electrons. The number of rotatable bonds is 5. The number of carbonyl (C=O) groups is 2. The molecule has 0 saturated carbocycles. The van der Waals surface area contributed by atoms with Crippen molar-refractivity contribution in [3.05, 3.63) is 59.1 Å². The van der Waals surface area contributed by atoms with E-state index in [9.17, 15) is 9.59 Å². The lowest BCUT2D eigenvalue weighted by Crippen LogP contribution is -2.20. The van der Waals surface area contributed by atoms with Crippen LogP contribution in [0.5, 0.6) is 11.5 Å². The molecule has 6 nitrogen and oxygen atoms in total. The van der Waals surface area contributed by atoms with Gasteiger partial charge in [0.2, 0.25) is 0 Å². The highest BCUT2D eigenvalue weighted by molar-refractivity contribution is 6.30. The van der Waals surface area contributed by atoms with Gasteiger partial charge in [0.15, 0.2) is 18.1 Å². The van der Waals surface area contributed by atoms with E-state index in [1.807, 2.05) is 0 Å². The van der Waals surface area contributed by atoms with E-state index in [1.54, 1.807) is 48.5 Å². The Labute approximate surface area is 161 Å². The molecule has 3 rings (SSSR count). The largest absolute Gasteiger partial charge is 0.490 e. The predicted molar refractivity (Wildman–Crippen MR) is 102 cm³/mol. The van der Waals surface area contributed by atoms with Crippen molar-refractivity contribution in [2.24, 2.45) is 0 Å². The van der Waals surface area contributed by atoms with Crippen molar-refractivity contribution in [3.63, 3.8) is 0 Å². The van der Waals surface area contributed by atoms with Gasteiger partial charge >= 0.3 is 5.97 Å². The third kappa shape index (κ3) is 5.76. The molecule has 1 heterocycles. The molecule has 0 saturated heterocycles. The number of amides is 1. The Morgan fingerprint density at radius 3 is 2.74 bits per heavy atom. The average Bonchev–Trinajstić information content (AvgIpc) is 2.90. The van der Waals surface area contributed by atoms with Crippen molar-refractivity contribution in [2.75, 3.05) is 25.1 Å². The van der Waals surface area contributed by atoms with E-state index in [-0.39, 0.29) is 0 Å². The van der Waals surface area contributed by atoms with Crippen LogP contribution in [0.15, 0.2) is 48.5 Å². The summed E-state index contributed by atoms with van der Waals surface area (Å²) in [4.78, 5) is 23.7. The van der Waals surface area contributed by atoms with Crippen LogP contribution in [0.1, 0.15) is 12.0 Å². The van der Waals surface area contributed by atoms with Gasteiger partial charge in [0.05, 0.1) is 13.2 Å². The first kappa shape index (κ1) is 18.8. The molecule has 140 valence electrons. The molecule has 2 aromatic carbocycles. The molecule has 1 amide bonds. The number of ether oxygens (including phenoxy) is 3. The van der Waals surface area contributed by atoms with Crippen LogP contribution >= 0.6 is 11.6 Å². The molecule has 0 aromatic heterocycles. The molecule has 1 aliphatic heterocycles. The maximum absolute atomic E-state index is 12.0. The first-order valence-electron chi connectivity index (χ1n) is 8.40. The van der Waals surface area contributed by atoms with Crippen LogP contribution in [0.25, 0.3) is 6.08 Å². The van der Waals surface area contributed by atoms with E-state index in [1.165, 1.54) is 6.08 Å². The lowest BCUT2D eigenvalue weighted by molar-refractivity contribution is -0.142. The summed E-state index contributed by atoms with van der Waals surface area (Å²) in [6.07, 6.45) is 3.61. The summed E-state index contributed by atoms with van der Waals surface area (Å²) in [5, 5.41) is 3.23. The Kier molecular flexibility index (Phi) is 6.33. The maximum atomic E-state index is 12.0. The van der Waals surface area contributed by atoms with E-state index < -0.39 is 18.5 Å². The van der Waals surface area contributed by atoms with E-state index >= 15 is 0 Å². The van der Waals surface area contributed by atoms with Crippen molar-refractivity contribution in [1.82, 2.24) is 0 Å². The summed E-state index contributed by atoms with van der Waals surface area (Å²) in [5.41, 5.74) is 1.30. The van der Waals surface area contributed by atoms with E-state index in [0.29, 0.717) is 35.4 Å². The fourth-order valence-electron chi connectivity index (χ4n) is 2.40. The molecule has 0 aliphatic carbocycles. The van der Waals surface area contributed by atoms with Crippen LogP contribution in [0.3, 0.4) is 0 Å². The van der Waals surface area contributed by atoms with Crippen LogP contribution in [0, 0.1) is 0 Å². The maximum Gasteiger partial charge on any atom is 0.331 e. The van der Waals surface area contributed by atoms with Crippen molar-refractivity contribution >= 4 is 35.2 Å². The first-order valence-corrected chi connectivity index (χ1v) is 8.78. The second kappa shape index (κ2) is 9.09. The molecule has 1 aliphatic rings. The average molecular weight is 388 g/mol. The van der Waals surface area contributed by atoms with Crippen LogP contribution in [0.2, 0.25) is 5.02 Å². The molecular formula is C20H18ClNO5. The molecule has 0 bridgehead atoms. The normalized spacial score (nSPS) is 13.1. The van der Waals surface area contributed by atoms with Crippen LogP contribution < -0.4 is 14.8 Å². The summed E-state index contributed by atoms with van der Waals surface area (Å²) in [6.45, 7) is 0.755. The molecule has 0 atom stereocenters. The summed E-state index contributed by atoms with van der Waals surface area (Å²) in [7, 11) is 0. The Morgan fingerprint density at radius 1 is 1.11 bits per heavy atom. The fraction of sp³-hybridized carbons (Fsp3) is 0.200. The highest BCUT2D eigenvalue weighted by Gasteiger charge is 2.12. The van der Waals surface area contributed by atoms with Crippen molar-refractivity contribution in [2.45, 2.75) is 6.42 Å². The van der Waals surface area contributed by atoms with Crippen molar-refractivity contribution in [1.29, 1.82) is 0 Å². The van der Waals surface area contributed by atoms with Gasteiger partial charge in [-0.25, -0.2) is 4.79 Å². The predicted octanol–water partition coefficient (Wildman–Crippen LogP) is 3.70. The summed E-state index contributed by atoms with van der Waals surface area (Å²) in [5.74, 6) is 0.146. The topological polar surface area (TPSA) is 73.9 Å². The van der Waals surface area contributed by atoms with E-state index in [4.69, 9.17) is 25.8 Å². The van der Waals surface area contributed by atoms with Crippen LogP contribution in [-0.2, 0) is 14.3 Å². The molecule has 2 aromatic rings. The van der Waals surface area contributed by atoms with E-state index in [2.05, 4.69) is 5.32 Å². The number of fused-ring (bicyclic) bond motifs is 1. The Bertz CT molecular complexity index is 865. The number of benzene rings is 2. The summed E-state index contributed by atoms with van der Waals surface area (Å²) < 4.78 is 16.0. The molecule has 1 N–H and O–H groups in total. The van der Waals surface area contributed by atoms with Gasteiger partial charge in [0.1, 0.15) is 0 Å². The van der Waals surface area contributed by atoms with Gasteiger partial charge in [-0.1, -0.05) is 23.7 Å². The Morgan fingerprint density at radius 2 is 1.93 bits per heavy atom. The third-order valence-corrected chi connectivity index (χ3v) is 3.87. The highest BCUT2D eigenvalue weighted by Crippen LogP contribution is 2.32. The Hall–Kier alpha value is -2.99. The second-order valence-corrected chi connectivity index (χ2v) is 6.19. The standard InChI is InChI=1S/C20H18ClNO5/c21-15-4-1-3-14(11-15)5-8-20(24)27-13-19(23)22-16-6-7-17-18(12-16)26-10-2-9-25-17/h1,3-8,11-12H,2,9-10,13H2,(H,22,23)/b8-5+. The number of anilines is 1. The van der Waals surface area contributed by atoms with Crippen molar-refractivity contribution < 1.29 is 23.8 Å². The van der Waals surface area contributed by atoms with Crippen molar-refractivity contribution in [3.8, 4) is 11.5 Å². The third-order valence-electron chi connectivity index (χ3n) is 3.64. The number of esters is 1. The van der Waals surface area contributed by atoms with Gasteiger partial charge in [0.25, 0.3) is 5.91 Å². The number of nitrogens with one attached hydrogen (secondary N) is 1. The van der Waals surface area contributed by atoms with Crippen LogP contribution in [0.4, 0.5) is 5.69 Å². The zero-order valence-electron chi connectivity index (χ0n) is 14.4. The molecule has 0 spiro atoms. The fourth-order valence-corrected chi connectivity index (χ4v) is 2.60. The van der Waals surface area contributed by atoms with E-state index in [0.717, 1.165) is 12.0 Å². The zero-order valence-corrected chi connectivity index (χ0v) is 15.2. The number of halogens is 1. The lowest BCUT2D eigenvalue weighted by atomic mass is 10.2. The number of hydrogen-bond acceptors (Lipinski definition) is 5. The summed E-state index contributed by atoms with van der Waals surface area (Å²) in [6, 6.07) is 12.1. The molecule has 27 heavy (non-hydrogen) atoms. The minimum Gasteiger partial charge on any atom is -0.490 e. The monoisotopic (exact) mass is 387 g/mol. The summed E-state index contributed by atoms with van der Waals surface area (Å²) >= 11 is 5.87. The minimum absolute atomic E-state index is 0.396. The number of hydrogen-bond donors (Lipinski definition) is 1. The van der Waals surface area contributed by atoms with Gasteiger partial charge in [-0.15, -0.1) is 0 Å². The Balaban J connectivity index is 1.49. The first-order chi connectivity index (χ1) is 13.1. The lowest BCUT2D eigenvalue weighted by Gasteiger charge is -2.10. The van der Waals surface area contributed by atoms with Gasteiger partial charge < -0.3 is 19.5 Å². The van der Waals surface area contributed by atoms with Gasteiger partial charge in [-0.05, 0) is 35.9 Å². The van der Waals surface area contributed by atoms with Crippen LogP contribution in [-0.4, -0.2) is 31.7 Å². The zero-order chi connectivity index (χ0) is 19.1. The molecular weight excluding hydrogens is 370 g/mol. The van der Waals surface area contributed by atoms with Gasteiger partial charge in [0, 0.05) is 29.3 Å². The number of carbonyl (C=O) groups excluding carboxylic acids is 2. The van der Waals surface area contributed by atoms with Gasteiger partial charge in [-0.3, -0.25) is 4.79 Å². The second-order valence-electron chi connectivity index (χ2n) is 5.76.